The SMILES string of the molecule is CCC(CC1CC1)NS(=O)(=O)c1cc(F)ccc1CNC. The van der Waals surface area contributed by atoms with Crippen molar-refractivity contribution >= 4 is 10.0 Å². The van der Waals surface area contributed by atoms with Gasteiger partial charge >= 0.3 is 0 Å². The van der Waals surface area contributed by atoms with Crippen molar-refractivity contribution in [3.05, 3.63) is 29.6 Å². The standard InChI is InChI=1S/C15H23FN2O2S/c1-3-14(8-11-4-5-11)18-21(19,20)15-9-13(16)7-6-12(15)10-17-2/h6-7,9,11,14,17-18H,3-5,8,10H2,1-2H3. The van der Waals surface area contributed by atoms with Crippen LogP contribution < -0.4 is 10.0 Å². The molecule has 2 N–H and O–H groups in total. The zero-order chi connectivity index (χ0) is 15.5. The Morgan fingerprint density at radius 1 is 1.38 bits per heavy atom. The molecule has 1 unspecified atom stereocenters. The van der Waals surface area contributed by atoms with Crippen LogP contribution in [0.15, 0.2) is 23.1 Å². The Kier molecular flexibility index (Phi) is 5.35. The van der Waals surface area contributed by atoms with E-state index in [0.29, 0.717) is 18.0 Å². The summed E-state index contributed by atoms with van der Waals surface area (Å²) in [4.78, 5) is 0.0334. The van der Waals surface area contributed by atoms with Gasteiger partial charge in [-0.3, -0.25) is 0 Å². The zero-order valence-electron chi connectivity index (χ0n) is 12.5. The molecule has 0 bridgehead atoms. The maximum Gasteiger partial charge on any atom is 0.241 e. The molecule has 21 heavy (non-hydrogen) atoms. The number of rotatable bonds is 8. The van der Waals surface area contributed by atoms with E-state index in [-0.39, 0.29) is 10.9 Å². The molecule has 0 aromatic heterocycles. The van der Waals surface area contributed by atoms with Gasteiger partial charge in [-0.1, -0.05) is 25.8 Å². The predicted molar refractivity (Wildman–Crippen MR) is 80.9 cm³/mol. The van der Waals surface area contributed by atoms with Gasteiger partial charge in [-0.15, -0.1) is 0 Å². The summed E-state index contributed by atoms with van der Waals surface area (Å²) in [5.74, 6) is 0.104. The fourth-order valence-electron chi connectivity index (χ4n) is 2.45. The number of nitrogens with one attached hydrogen (secondary N) is 2. The maximum atomic E-state index is 13.4. The summed E-state index contributed by atoms with van der Waals surface area (Å²) in [6, 6.07) is 3.82. The van der Waals surface area contributed by atoms with E-state index < -0.39 is 15.8 Å². The first-order chi connectivity index (χ1) is 9.96. The summed E-state index contributed by atoms with van der Waals surface area (Å²) in [6.07, 6.45) is 3.98. The van der Waals surface area contributed by atoms with E-state index in [1.807, 2.05) is 6.92 Å². The normalized spacial score (nSPS) is 16.9. The number of hydrogen-bond donors (Lipinski definition) is 2. The van der Waals surface area contributed by atoms with E-state index in [4.69, 9.17) is 0 Å². The molecule has 0 heterocycles. The van der Waals surface area contributed by atoms with Crippen molar-refractivity contribution in [3.63, 3.8) is 0 Å². The first-order valence-electron chi connectivity index (χ1n) is 7.41. The van der Waals surface area contributed by atoms with E-state index in [0.717, 1.165) is 18.9 Å². The van der Waals surface area contributed by atoms with Crippen LogP contribution in [-0.4, -0.2) is 21.5 Å². The van der Waals surface area contributed by atoms with Gasteiger partial charge in [-0.05, 0) is 43.5 Å². The molecule has 6 heteroatoms. The molecule has 0 aliphatic heterocycles. The average Bonchev–Trinajstić information content (AvgIpc) is 3.24. The first-order valence-corrected chi connectivity index (χ1v) is 8.90. The Bertz CT molecular complexity index is 585. The third-order valence-electron chi connectivity index (χ3n) is 3.82. The minimum absolute atomic E-state index is 0.0334. The van der Waals surface area contributed by atoms with Crippen LogP contribution in [0.25, 0.3) is 0 Å². The van der Waals surface area contributed by atoms with Crippen LogP contribution in [0.4, 0.5) is 4.39 Å². The predicted octanol–water partition coefficient (Wildman–Crippen LogP) is 2.40. The van der Waals surface area contributed by atoms with Crippen LogP contribution in [-0.2, 0) is 16.6 Å². The largest absolute Gasteiger partial charge is 0.316 e. The molecular formula is C15H23FN2O2S. The molecule has 1 aromatic rings. The lowest BCUT2D eigenvalue weighted by Gasteiger charge is -2.18. The van der Waals surface area contributed by atoms with Crippen LogP contribution in [0, 0.1) is 11.7 Å². The molecule has 0 saturated heterocycles. The monoisotopic (exact) mass is 314 g/mol. The topological polar surface area (TPSA) is 58.2 Å². The van der Waals surface area contributed by atoms with Crippen LogP contribution in [0.3, 0.4) is 0 Å². The van der Waals surface area contributed by atoms with Crippen molar-refractivity contribution in [2.75, 3.05) is 7.05 Å². The van der Waals surface area contributed by atoms with E-state index in [9.17, 15) is 12.8 Å². The lowest BCUT2D eigenvalue weighted by Crippen LogP contribution is -2.35. The Balaban J connectivity index is 2.22. The maximum absolute atomic E-state index is 13.4. The van der Waals surface area contributed by atoms with Crippen LogP contribution in [0.2, 0.25) is 0 Å². The Labute approximate surface area is 126 Å². The van der Waals surface area contributed by atoms with E-state index in [2.05, 4.69) is 10.0 Å². The summed E-state index contributed by atoms with van der Waals surface area (Å²) in [7, 11) is -1.96. The van der Waals surface area contributed by atoms with Gasteiger partial charge in [0.05, 0.1) is 4.90 Å². The highest BCUT2D eigenvalue weighted by molar-refractivity contribution is 7.89. The number of benzene rings is 1. The molecule has 1 aliphatic carbocycles. The van der Waals surface area contributed by atoms with Crippen molar-refractivity contribution in [1.82, 2.24) is 10.0 Å². The second-order valence-corrected chi connectivity index (χ2v) is 7.37. The third kappa shape index (κ3) is 4.49. The van der Waals surface area contributed by atoms with Crippen LogP contribution in [0.1, 0.15) is 38.2 Å². The van der Waals surface area contributed by atoms with Crippen molar-refractivity contribution in [2.24, 2.45) is 5.92 Å². The Hall–Kier alpha value is -0.980. The van der Waals surface area contributed by atoms with Gasteiger partial charge in [0.15, 0.2) is 0 Å². The van der Waals surface area contributed by atoms with Crippen molar-refractivity contribution < 1.29 is 12.8 Å². The summed E-state index contributed by atoms with van der Waals surface area (Å²) < 4.78 is 41.3. The second-order valence-electron chi connectivity index (χ2n) is 5.69. The number of halogens is 1. The number of sulfonamides is 1. The molecule has 1 atom stereocenters. The van der Waals surface area contributed by atoms with Crippen molar-refractivity contribution in [1.29, 1.82) is 0 Å². The lowest BCUT2D eigenvalue weighted by molar-refractivity contribution is 0.494. The molecule has 1 saturated carbocycles. The fourth-order valence-corrected chi connectivity index (χ4v) is 4.03. The highest BCUT2D eigenvalue weighted by atomic mass is 32.2. The van der Waals surface area contributed by atoms with Crippen LogP contribution in [0.5, 0.6) is 0 Å². The Morgan fingerprint density at radius 2 is 2.10 bits per heavy atom. The molecule has 118 valence electrons. The second kappa shape index (κ2) is 6.85. The molecule has 2 rings (SSSR count). The quantitative estimate of drug-likeness (QED) is 0.774. The van der Waals surface area contributed by atoms with Crippen LogP contribution >= 0.6 is 0 Å². The first kappa shape index (κ1) is 16.4. The van der Waals surface area contributed by atoms with E-state index >= 15 is 0 Å². The summed E-state index contributed by atoms with van der Waals surface area (Å²) in [5, 5.41) is 2.91. The van der Waals surface area contributed by atoms with Gasteiger partial charge < -0.3 is 5.32 Å². The summed E-state index contributed by atoms with van der Waals surface area (Å²) >= 11 is 0. The molecule has 0 spiro atoms. The zero-order valence-corrected chi connectivity index (χ0v) is 13.3. The third-order valence-corrected chi connectivity index (χ3v) is 5.42. The molecule has 1 aliphatic rings. The van der Waals surface area contributed by atoms with Crippen molar-refractivity contribution in [2.45, 2.75) is 50.1 Å². The van der Waals surface area contributed by atoms with Gasteiger partial charge in [0.1, 0.15) is 5.82 Å². The van der Waals surface area contributed by atoms with Gasteiger partial charge in [-0.25, -0.2) is 17.5 Å². The van der Waals surface area contributed by atoms with E-state index in [1.165, 1.54) is 25.0 Å². The summed E-state index contributed by atoms with van der Waals surface area (Å²) in [6.45, 7) is 2.35. The molecule has 1 aromatic carbocycles. The smallest absolute Gasteiger partial charge is 0.241 e. The minimum Gasteiger partial charge on any atom is -0.316 e. The highest BCUT2D eigenvalue weighted by Gasteiger charge is 2.28. The van der Waals surface area contributed by atoms with E-state index in [1.54, 1.807) is 7.05 Å². The molecule has 0 radical (unpaired) electrons. The number of hydrogen-bond acceptors (Lipinski definition) is 3. The fraction of sp³-hybridized carbons (Fsp3) is 0.600. The van der Waals surface area contributed by atoms with Gasteiger partial charge in [-0.2, -0.15) is 0 Å². The van der Waals surface area contributed by atoms with Gasteiger partial charge in [0.2, 0.25) is 10.0 Å². The average molecular weight is 314 g/mol. The molecule has 4 nitrogen and oxygen atoms in total. The van der Waals surface area contributed by atoms with Gasteiger partial charge in [0.25, 0.3) is 0 Å². The summed E-state index contributed by atoms with van der Waals surface area (Å²) in [5.41, 5.74) is 0.577. The van der Waals surface area contributed by atoms with Crippen molar-refractivity contribution in [3.8, 4) is 0 Å². The van der Waals surface area contributed by atoms with Gasteiger partial charge in [0, 0.05) is 12.6 Å². The Morgan fingerprint density at radius 3 is 2.67 bits per heavy atom. The lowest BCUT2D eigenvalue weighted by atomic mass is 10.1. The minimum atomic E-state index is -3.69. The molecular weight excluding hydrogens is 291 g/mol. The molecule has 1 fully saturated rings. The highest BCUT2D eigenvalue weighted by Crippen LogP contribution is 2.34. The molecule has 0 amide bonds.